The van der Waals surface area contributed by atoms with E-state index in [4.69, 9.17) is 4.74 Å². The number of nitrogens with zero attached hydrogens (tertiary/aromatic N) is 1. The maximum absolute atomic E-state index is 12.5. The van der Waals surface area contributed by atoms with E-state index >= 15 is 0 Å². The van der Waals surface area contributed by atoms with Gasteiger partial charge in [-0.1, -0.05) is 26.0 Å². The van der Waals surface area contributed by atoms with Crippen LogP contribution >= 0.6 is 0 Å². The Kier molecular flexibility index (Phi) is 5.71. The number of anilines is 3. The van der Waals surface area contributed by atoms with E-state index in [0.717, 1.165) is 11.4 Å². The molecule has 0 saturated carbocycles. The largest absolute Gasteiger partial charge is 0.497 e. The van der Waals surface area contributed by atoms with Gasteiger partial charge < -0.3 is 15.4 Å². The van der Waals surface area contributed by atoms with Crippen LogP contribution in [0.3, 0.4) is 0 Å². The van der Waals surface area contributed by atoms with Crippen LogP contribution in [0.15, 0.2) is 66.9 Å². The molecule has 2 aromatic carbocycles. The third-order valence-corrected chi connectivity index (χ3v) is 4.22. The van der Waals surface area contributed by atoms with Gasteiger partial charge in [0, 0.05) is 23.1 Å². The molecule has 0 atom stereocenters. The lowest BCUT2D eigenvalue weighted by molar-refractivity contribution is 0.102. The summed E-state index contributed by atoms with van der Waals surface area (Å²) in [6.45, 7) is 4.32. The normalized spacial score (nSPS) is 10.5. The average Bonchev–Trinajstić information content (AvgIpc) is 2.69. The highest BCUT2D eigenvalue weighted by Gasteiger charge is 2.08. The Morgan fingerprint density at radius 3 is 2.26 bits per heavy atom. The number of benzene rings is 2. The second-order valence-corrected chi connectivity index (χ2v) is 6.51. The molecule has 5 nitrogen and oxygen atoms in total. The molecule has 0 aliphatic rings. The molecule has 3 rings (SSSR count). The van der Waals surface area contributed by atoms with Crippen molar-refractivity contribution in [3.8, 4) is 5.75 Å². The molecule has 1 heterocycles. The minimum absolute atomic E-state index is 0.194. The van der Waals surface area contributed by atoms with Crippen molar-refractivity contribution in [1.29, 1.82) is 0 Å². The number of methoxy groups -OCH3 is 1. The number of amides is 1. The fourth-order valence-corrected chi connectivity index (χ4v) is 2.62. The molecule has 3 aromatic rings. The molecule has 0 aliphatic heterocycles. The number of pyridine rings is 1. The van der Waals surface area contributed by atoms with E-state index in [2.05, 4.69) is 41.6 Å². The number of aromatic nitrogens is 1. The maximum atomic E-state index is 12.5. The molecular formula is C22H23N3O2. The van der Waals surface area contributed by atoms with E-state index in [9.17, 15) is 4.79 Å². The predicted molar refractivity (Wildman–Crippen MR) is 109 cm³/mol. The molecule has 0 unspecified atom stereocenters. The minimum atomic E-state index is -0.194. The van der Waals surface area contributed by atoms with E-state index in [0.29, 0.717) is 23.0 Å². The summed E-state index contributed by atoms with van der Waals surface area (Å²) >= 11 is 0. The van der Waals surface area contributed by atoms with Crippen LogP contribution in [-0.2, 0) is 0 Å². The van der Waals surface area contributed by atoms with E-state index in [1.165, 1.54) is 5.56 Å². The van der Waals surface area contributed by atoms with Crippen LogP contribution in [-0.4, -0.2) is 18.0 Å². The smallest absolute Gasteiger partial charge is 0.255 e. The average molecular weight is 361 g/mol. The SMILES string of the molecule is COc1ccc(NC(=O)c2ccnc(Nc3ccc(C(C)C)cc3)c2)cc1. The Hall–Kier alpha value is -3.34. The van der Waals surface area contributed by atoms with Gasteiger partial charge in [-0.25, -0.2) is 4.98 Å². The van der Waals surface area contributed by atoms with Gasteiger partial charge in [-0.3, -0.25) is 4.79 Å². The third kappa shape index (κ3) is 4.85. The number of carbonyl (C=O) groups is 1. The van der Waals surface area contributed by atoms with Crippen molar-refractivity contribution < 1.29 is 9.53 Å². The molecule has 0 radical (unpaired) electrons. The molecule has 0 spiro atoms. The quantitative estimate of drug-likeness (QED) is 0.633. The van der Waals surface area contributed by atoms with Gasteiger partial charge in [0.25, 0.3) is 5.91 Å². The summed E-state index contributed by atoms with van der Waals surface area (Å²) < 4.78 is 5.12. The number of nitrogens with one attached hydrogen (secondary N) is 2. The third-order valence-electron chi connectivity index (χ3n) is 4.22. The topological polar surface area (TPSA) is 63.2 Å². The Balaban J connectivity index is 1.69. The van der Waals surface area contributed by atoms with Crippen molar-refractivity contribution in [2.45, 2.75) is 19.8 Å². The van der Waals surface area contributed by atoms with Crippen LogP contribution < -0.4 is 15.4 Å². The van der Waals surface area contributed by atoms with Gasteiger partial charge in [0.05, 0.1) is 7.11 Å². The van der Waals surface area contributed by atoms with Crippen LogP contribution in [0.2, 0.25) is 0 Å². The lowest BCUT2D eigenvalue weighted by atomic mass is 10.0. The van der Waals surface area contributed by atoms with Crippen molar-refractivity contribution >= 4 is 23.1 Å². The summed E-state index contributed by atoms with van der Waals surface area (Å²) in [6, 6.07) is 18.8. The molecule has 0 fully saturated rings. The fraction of sp³-hybridized carbons (Fsp3) is 0.182. The van der Waals surface area contributed by atoms with Gasteiger partial charge in [-0.2, -0.15) is 0 Å². The van der Waals surface area contributed by atoms with Crippen molar-refractivity contribution in [2.75, 3.05) is 17.7 Å². The lowest BCUT2D eigenvalue weighted by Crippen LogP contribution is -2.12. The fourth-order valence-electron chi connectivity index (χ4n) is 2.62. The standard InChI is InChI=1S/C22H23N3O2/c1-15(2)16-4-6-18(7-5-16)24-21-14-17(12-13-23-21)22(26)25-19-8-10-20(27-3)11-9-19/h4-15H,1-3H3,(H,23,24)(H,25,26). The number of rotatable bonds is 6. The van der Waals surface area contributed by atoms with E-state index in [1.807, 2.05) is 12.1 Å². The first-order valence-corrected chi connectivity index (χ1v) is 8.83. The zero-order chi connectivity index (χ0) is 19.2. The van der Waals surface area contributed by atoms with Gasteiger partial charge in [-0.05, 0) is 60.0 Å². The van der Waals surface area contributed by atoms with Crippen molar-refractivity contribution in [3.63, 3.8) is 0 Å². The highest BCUT2D eigenvalue weighted by molar-refractivity contribution is 6.04. The van der Waals surface area contributed by atoms with E-state index < -0.39 is 0 Å². The molecule has 0 saturated heterocycles. The van der Waals surface area contributed by atoms with Crippen molar-refractivity contribution in [3.05, 3.63) is 78.0 Å². The van der Waals surface area contributed by atoms with Crippen LogP contribution in [0.5, 0.6) is 5.75 Å². The van der Waals surface area contributed by atoms with Gasteiger partial charge in [0.2, 0.25) is 0 Å². The molecular weight excluding hydrogens is 338 g/mol. The molecule has 5 heteroatoms. The Bertz CT molecular complexity index is 904. The van der Waals surface area contributed by atoms with Gasteiger partial charge >= 0.3 is 0 Å². The Labute approximate surface area is 159 Å². The molecule has 0 bridgehead atoms. The maximum Gasteiger partial charge on any atom is 0.255 e. The summed E-state index contributed by atoms with van der Waals surface area (Å²) in [5.41, 5.74) is 3.44. The molecule has 1 amide bonds. The van der Waals surface area contributed by atoms with Crippen molar-refractivity contribution in [2.24, 2.45) is 0 Å². The Morgan fingerprint density at radius 1 is 0.963 bits per heavy atom. The van der Waals surface area contributed by atoms with Crippen LogP contribution in [0.1, 0.15) is 35.7 Å². The van der Waals surface area contributed by atoms with Gasteiger partial charge in [0.15, 0.2) is 0 Å². The summed E-state index contributed by atoms with van der Waals surface area (Å²) in [5, 5.41) is 6.11. The summed E-state index contributed by atoms with van der Waals surface area (Å²) in [5.74, 6) is 1.66. The monoisotopic (exact) mass is 361 g/mol. The molecule has 27 heavy (non-hydrogen) atoms. The first-order valence-electron chi connectivity index (χ1n) is 8.83. The first kappa shape index (κ1) is 18.5. The minimum Gasteiger partial charge on any atom is -0.497 e. The second-order valence-electron chi connectivity index (χ2n) is 6.51. The first-order chi connectivity index (χ1) is 13.0. The molecule has 0 aliphatic carbocycles. The second kappa shape index (κ2) is 8.36. The number of ether oxygens (including phenoxy) is 1. The van der Waals surface area contributed by atoms with Gasteiger partial charge in [-0.15, -0.1) is 0 Å². The summed E-state index contributed by atoms with van der Waals surface area (Å²) in [7, 11) is 1.61. The van der Waals surface area contributed by atoms with E-state index in [1.54, 1.807) is 49.7 Å². The lowest BCUT2D eigenvalue weighted by Gasteiger charge is -2.10. The number of hydrogen-bond acceptors (Lipinski definition) is 4. The van der Waals surface area contributed by atoms with Crippen LogP contribution in [0.25, 0.3) is 0 Å². The highest BCUT2D eigenvalue weighted by atomic mass is 16.5. The molecule has 1 aromatic heterocycles. The molecule has 2 N–H and O–H groups in total. The Morgan fingerprint density at radius 2 is 1.63 bits per heavy atom. The van der Waals surface area contributed by atoms with Crippen molar-refractivity contribution in [1.82, 2.24) is 4.98 Å². The summed E-state index contributed by atoms with van der Waals surface area (Å²) in [6.07, 6.45) is 1.62. The molecule has 138 valence electrons. The zero-order valence-corrected chi connectivity index (χ0v) is 15.7. The van der Waals surface area contributed by atoms with Gasteiger partial charge in [0.1, 0.15) is 11.6 Å². The summed E-state index contributed by atoms with van der Waals surface area (Å²) in [4.78, 5) is 16.8. The number of carbonyl (C=O) groups excluding carboxylic acids is 1. The van der Waals surface area contributed by atoms with Crippen LogP contribution in [0, 0.1) is 0 Å². The van der Waals surface area contributed by atoms with Crippen LogP contribution in [0.4, 0.5) is 17.2 Å². The zero-order valence-electron chi connectivity index (χ0n) is 15.7. The van der Waals surface area contributed by atoms with E-state index in [-0.39, 0.29) is 5.91 Å². The highest BCUT2D eigenvalue weighted by Crippen LogP contribution is 2.21. The number of hydrogen-bond donors (Lipinski definition) is 2. The predicted octanol–water partition coefficient (Wildman–Crippen LogP) is 5.21.